The number of unbranched alkanes of at least 4 members (excludes halogenated alkanes) is 3. The van der Waals surface area contributed by atoms with Crippen LogP contribution in [0.15, 0.2) is 41.8 Å². The van der Waals surface area contributed by atoms with Crippen LogP contribution in [-0.4, -0.2) is 11.4 Å². The third kappa shape index (κ3) is 4.97. The summed E-state index contributed by atoms with van der Waals surface area (Å²) in [7, 11) is 0. The molecule has 2 heteroatoms. The quantitative estimate of drug-likeness (QED) is 0.414. The van der Waals surface area contributed by atoms with Crippen molar-refractivity contribution >= 4 is 11.8 Å². The van der Waals surface area contributed by atoms with Gasteiger partial charge in [0.25, 0.3) is 0 Å². The molecule has 1 aromatic rings. The fourth-order valence-electron chi connectivity index (χ4n) is 1.90. The molecule has 94 valence electrons. The molecule has 1 unspecified atom stereocenters. The average molecular weight is 250 g/mol. The topological polar surface area (TPSA) is 20.2 Å². The second-order valence-corrected chi connectivity index (χ2v) is 5.03. The standard InChI is InChI=1S/C15H22OS/c1-3-4-5-6-7-11-14(16)13-10-8-9-12-15(13)17-2/h3,8-10,12,14,16H,1,4-7,11H2,2H3. The van der Waals surface area contributed by atoms with E-state index >= 15 is 0 Å². The molecule has 0 saturated carbocycles. The maximum Gasteiger partial charge on any atom is 0.0800 e. The molecule has 0 radical (unpaired) electrons. The summed E-state index contributed by atoms with van der Waals surface area (Å²) < 4.78 is 0. The van der Waals surface area contributed by atoms with Crippen LogP contribution in [0.4, 0.5) is 0 Å². The molecule has 0 bridgehead atoms. The maximum atomic E-state index is 10.2. The first-order chi connectivity index (χ1) is 8.29. The molecule has 0 fully saturated rings. The van der Waals surface area contributed by atoms with Gasteiger partial charge in [0.1, 0.15) is 0 Å². The van der Waals surface area contributed by atoms with Crippen molar-refractivity contribution in [2.45, 2.75) is 43.1 Å². The van der Waals surface area contributed by atoms with Crippen LogP contribution in [-0.2, 0) is 0 Å². The molecule has 0 aromatic heterocycles. The number of hydrogen-bond donors (Lipinski definition) is 1. The van der Waals surface area contributed by atoms with Gasteiger partial charge in [0.15, 0.2) is 0 Å². The van der Waals surface area contributed by atoms with Crippen molar-refractivity contribution in [3.8, 4) is 0 Å². The van der Waals surface area contributed by atoms with Crippen LogP contribution in [0.5, 0.6) is 0 Å². The van der Waals surface area contributed by atoms with Gasteiger partial charge in [0.05, 0.1) is 6.10 Å². The third-order valence-corrected chi connectivity index (χ3v) is 3.70. The minimum atomic E-state index is -0.317. The zero-order chi connectivity index (χ0) is 12.5. The van der Waals surface area contributed by atoms with E-state index in [1.54, 1.807) is 11.8 Å². The van der Waals surface area contributed by atoms with Gasteiger partial charge in [-0.2, -0.15) is 0 Å². The summed E-state index contributed by atoms with van der Waals surface area (Å²) in [5, 5.41) is 10.2. The number of allylic oxidation sites excluding steroid dienone is 1. The van der Waals surface area contributed by atoms with Crippen LogP contribution in [0.2, 0.25) is 0 Å². The number of hydrogen-bond acceptors (Lipinski definition) is 2. The summed E-state index contributed by atoms with van der Waals surface area (Å²) >= 11 is 1.70. The largest absolute Gasteiger partial charge is 0.388 e. The van der Waals surface area contributed by atoms with Crippen LogP contribution < -0.4 is 0 Å². The first-order valence-electron chi connectivity index (χ1n) is 6.21. The molecule has 0 heterocycles. The number of aliphatic hydroxyl groups excluding tert-OH is 1. The van der Waals surface area contributed by atoms with Crippen LogP contribution in [0, 0.1) is 0 Å². The Morgan fingerprint density at radius 3 is 2.76 bits per heavy atom. The first kappa shape index (κ1) is 14.3. The summed E-state index contributed by atoms with van der Waals surface area (Å²) in [6, 6.07) is 8.11. The molecule has 0 saturated heterocycles. The maximum absolute atomic E-state index is 10.2. The lowest BCUT2D eigenvalue weighted by atomic mass is 10.0. The molecule has 17 heavy (non-hydrogen) atoms. The minimum absolute atomic E-state index is 0.317. The van der Waals surface area contributed by atoms with E-state index in [-0.39, 0.29) is 6.10 Å². The molecule has 1 N–H and O–H groups in total. The molecule has 0 aliphatic rings. The Kier molecular flexibility index (Phi) is 7.06. The van der Waals surface area contributed by atoms with Crippen molar-refractivity contribution in [1.29, 1.82) is 0 Å². The summed E-state index contributed by atoms with van der Waals surface area (Å²) in [6.07, 6.45) is 9.06. The van der Waals surface area contributed by atoms with E-state index in [1.807, 2.05) is 24.3 Å². The van der Waals surface area contributed by atoms with Gasteiger partial charge in [0.2, 0.25) is 0 Å². The minimum Gasteiger partial charge on any atom is -0.388 e. The summed E-state index contributed by atoms with van der Waals surface area (Å²) in [5.74, 6) is 0. The molecule has 0 spiro atoms. The molecular formula is C15H22OS. The van der Waals surface area contributed by atoms with Crippen molar-refractivity contribution in [2.75, 3.05) is 6.26 Å². The highest BCUT2D eigenvalue weighted by Gasteiger charge is 2.10. The van der Waals surface area contributed by atoms with Crippen LogP contribution in [0.1, 0.15) is 43.8 Å². The van der Waals surface area contributed by atoms with Crippen LogP contribution in [0.3, 0.4) is 0 Å². The Balaban J connectivity index is 2.40. The lowest BCUT2D eigenvalue weighted by Gasteiger charge is -2.14. The molecule has 1 atom stereocenters. The van der Waals surface area contributed by atoms with Gasteiger partial charge in [-0.25, -0.2) is 0 Å². The van der Waals surface area contributed by atoms with E-state index in [1.165, 1.54) is 17.7 Å². The molecule has 0 aliphatic carbocycles. The molecule has 1 nitrogen and oxygen atoms in total. The van der Waals surface area contributed by atoms with Crippen LogP contribution >= 0.6 is 11.8 Å². The molecule has 1 aromatic carbocycles. The Morgan fingerprint density at radius 2 is 2.06 bits per heavy atom. The normalized spacial score (nSPS) is 12.4. The Morgan fingerprint density at radius 1 is 1.29 bits per heavy atom. The van der Waals surface area contributed by atoms with Gasteiger partial charge in [0, 0.05) is 4.90 Å². The van der Waals surface area contributed by atoms with Gasteiger partial charge < -0.3 is 5.11 Å². The predicted octanol–water partition coefficient (Wildman–Crippen LogP) is 4.58. The summed E-state index contributed by atoms with van der Waals surface area (Å²) in [5.41, 5.74) is 1.07. The molecule has 1 rings (SSSR count). The van der Waals surface area contributed by atoms with E-state index in [2.05, 4.69) is 18.9 Å². The van der Waals surface area contributed by atoms with E-state index in [9.17, 15) is 5.11 Å². The first-order valence-corrected chi connectivity index (χ1v) is 7.44. The predicted molar refractivity (Wildman–Crippen MR) is 76.5 cm³/mol. The third-order valence-electron chi connectivity index (χ3n) is 2.88. The monoisotopic (exact) mass is 250 g/mol. The van der Waals surface area contributed by atoms with Crippen molar-refractivity contribution < 1.29 is 5.11 Å². The fourth-order valence-corrected chi connectivity index (χ4v) is 2.55. The van der Waals surface area contributed by atoms with Gasteiger partial charge >= 0.3 is 0 Å². The van der Waals surface area contributed by atoms with E-state index in [0.717, 1.165) is 24.8 Å². The van der Waals surface area contributed by atoms with Crippen molar-refractivity contribution in [1.82, 2.24) is 0 Å². The highest BCUT2D eigenvalue weighted by molar-refractivity contribution is 7.98. The Hall–Kier alpha value is -0.730. The second kappa shape index (κ2) is 8.37. The molecule has 0 aliphatic heterocycles. The van der Waals surface area contributed by atoms with Gasteiger partial charge in [-0.15, -0.1) is 18.3 Å². The Labute approximate surface area is 109 Å². The lowest BCUT2D eigenvalue weighted by Crippen LogP contribution is -1.99. The van der Waals surface area contributed by atoms with E-state index < -0.39 is 0 Å². The smallest absolute Gasteiger partial charge is 0.0800 e. The van der Waals surface area contributed by atoms with Crippen molar-refractivity contribution in [2.24, 2.45) is 0 Å². The Bertz CT molecular complexity index is 335. The lowest BCUT2D eigenvalue weighted by molar-refractivity contribution is 0.160. The zero-order valence-electron chi connectivity index (χ0n) is 10.6. The number of rotatable bonds is 8. The van der Waals surface area contributed by atoms with Gasteiger partial charge in [-0.3, -0.25) is 0 Å². The number of aliphatic hydroxyl groups is 1. The summed E-state index contributed by atoms with van der Waals surface area (Å²) in [4.78, 5) is 1.19. The number of benzene rings is 1. The molecular weight excluding hydrogens is 228 g/mol. The molecule has 0 amide bonds. The number of thioether (sulfide) groups is 1. The second-order valence-electron chi connectivity index (χ2n) is 4.18. The van der Waals surface area contributed by atoms with Crippen molar-refractivity contribution in [3.05, 3.63) is 42.5 Å². The zero-order valence-corrected chi connectivity index (χ0v) is 11.4. The SMILES string of the molecule is C=CCCCCCC(O)c1ccccc1SC. The van der Waals surface area contributed by atoms with Crippen molar-refractivity contribution in [3.63, 3.8) is 0 Å². The van der Waals surface area contributed by atoms with E-state index in [0.29, 0.717) is 0 Å². The summed E-state index contributed by atoms with van der Waals surface area (Å²) in [6.45, 7) is 3.71. The highest BCUT2D eigenvalue weighted by Crippen LogP contribution is 2.28. The van der Waals surface area contributed by atoms with Crippen LogP contribution in [0.25, 0.3) is 0 Å². The fraction of sp³-hybridized carbons (Fsp3) is 0.467. The van der Waals surface area contributed by atoms with E-state index in [4.69, 9.17) is 0 Å². The average Bonchev–Trinajstić information content (AvgIpc) is 2.38. The van der Waals surface area contributed by atoms with Gasteiger partial charge in [-0.1, -0.05) is 37.1 Å². The van der Waals surface area contributed by atoms with Gasteiger partial charge in [-0.05, 0) is 37.1 Å². The highest BCUT2D eigenvalue weighted by atomic mass is 32.2.